The highest BCUT2D eigenvalue weighted by molar-refractivity contribution is 5.77. The van der Waals surface area contributed by atoms with Crippen LogP contribution in [0.25, 0.3) is 0 Å². The molecule has 0 saturated heterocycles. The normalized spacial score (nSPS) is 13.4. The highest BCUT2D eigenvalue weighted by Crippen LogP contribution is 2.00. The SMILES string of the molecule is CC(=O)[C@H](C)CCO. The maximum Gasteiger partial charge on any atom is 0.132 e. The van der Waals surface area contributed by atoms with Crippen LogP contribution in [-0.2, 0) is 4.79 Å². The van der Waals surface area contributed by atoms with Gasteiger partial charge >= 0.3 is 0 Å². The fourth-order valence-electron chi connectivity index (χ4n) is 0.397. The lowest BCUT2D eigenvalue weighted by molar-refractivity contribution is -0.120. The van der Waals surface area contributed by atoms with Crippen LogP contribution in [0.1, 0.15) is 20.3 Å². The molecule has 0 unspecified atom stereocenters. The van der Waals surface area contributed by atoms with Gasteiger partial charge in [-0.25, -0.2) is 0 Å². The first kappa shape index (κ1) is 7.63. The second kappa shape index (κ2) is 3.61. The summed E-state index contributed by atoms with van der Waals surface area (Å²) in [6.45, 7) is 3.47. The van der Waals surface area contributed by atoms with Crippen LogP contribution in [-0.4, -0.2) is 17.5 Å². The Balaban J connectivity index is 3.32. The number of hydrogen-bond donors (Lipinski definition) is 1. The lowest BCUT2D eigenvalue weighted by Crippen LogP contribution is -2.07. The Bertz CT molecular complexity index is 78.6. The molecule has 0 radical (unpaired) electrons. The van der Waals surface area contributed by atoms with Crippen LogP contribution >= 0.6 is 0 Å². The summed E-state index contributed by atoms with van der Waals surface area (Å²) in [6.07, 6.45) is 0.593. The number of ketones is 1. The van der Waals surface area contributed by atoms with E-state index in [1.165, 1.54) is 0 Å². The summed E-state index contributed by atoms with van der Waals surface area (Å²) in [6, 6.07) is 0. The topological polar surface area (TPSA) is 37.3 Å². The fraction of sp³-hybridized carbons (Fsp3) is 0.833. The van der Waals surface area contributed by atoms with Gasteiger partial charge in [-0.15, -0.1) is 0 Å². The first-order valence-corrected chi connectivity index (χ1v) is 2.79. The zero-order valence-electron chi connectivity index (χ0n) is 5.35. The summed E-state index contributed by atoms with van der Waals surface area (Å²) in [5.74, 6) is 0.180. The molecule has 0 bridgehead atoms. The highest BCUT2D eigenvalue weighted by atomic mass is 16.3. The lowest BCUT2D eigenvalue weighted by atomic mass is 10.1. The molecule has 2 heteroatoms. The van der Waals surface area contributed by atoms with E-state index in [0.717, 1.165) is 0 Å². The molecule has 0 aromatic carbocycles. The largest absolute Gasteiger partial charge is 0.396 e. The molecular weight excluding hydrogens is 104 g/mol. The van der Waals surface area contributed by atoms with Crippen molar-refractivity contribution >= 4 is 5.78 Å². The van der Waals surface area contributed by atoms with Gasteiger partial charge in [0, 0.05) is 12.5 Å². The summed E-state index contributed by atoms with van der Waals surface area (Å²) < 4.78 is 0. The number of carbonyl (C=O) groups excluding carboxylic acids is 1. The van der Waals surface area contributed by atoms with E-state index in [2.05, 4.69) is 0 Å². The van der Waals surface area contributed by atoms with Gasteiger partial charge in [0.2, 0.25) is 0 Å². The third-order valence-corrected chi connectivity index (χ3v) is 1.26. The van der Waals surface area contributed by atoms with E-state index in [1.54, 1.807) is 6.92 Å². The summed E-state index contributed by atoms with van der Waals surface area (Å²) in [7, 11) is 0. The van der Waals surface area contributed by atoms with E-state index in [0.29, 0.717) is 6.42 Å². The van der Waals surface area contributed by atoms with Crippen molar-refractivity contribution in [2.75, 3.05) is 6.61 Å². The zero-order chi connectivity index (χ0) is 6.57. The van der Waals surface area contributed by atoms with Crippen molar-refractivity contribution in [1.29, 1.82) is 0 Å². The maximum atomic E-state index is 10.4. The molecule has 1 atom stereocenters. The number of aliphatic hydroxyl groups excluding tert-OH is 1. The molecule has 0 aliphatic heterocycles. The van der Waals surface area contributed by atoms with Crippen molar-refractivity contribution < 1.29 is 9.90 Å². The van der Waals surface area contributed by atoms with Crippen LogP contribution in [0.15, 0.2) is 0 Å². The van der Waals surface area contributed by atoms with Gasteiger partial charge in [-0.3, -0.25) is 4.79 Å². The molecule has 0 heterocycles. The molecule has 0 aromatic heterocycles. The number of Topliss-reactive ketones (excluding diaryl/α,β-unsaturated/α-hetero) is 1. The summed E-state index contributed by atoms with van der Waals surface area (Å²) >= 11 is 0. The first-order valence-electron chi connectivity index (χ1n) is 2.79. The Morgan fingerprint density at radius 3 is 2.38 bits per heavy atom. The predicted octanol–water partition coefficient (Wildman–Crippen LogP) is 0.594. The predicted molar refractivity (Wildman–Crippen MR) is 31.5 cm³/mol. The van der Waals surface area contributed by atoms with Crippen molar-refractivity contribution in [3.63, 3.8) is 0 Å². The quantitative estimate of drug-likeness (QED) is 0.586. The molecule has 8 heavy (non-hydrogen) atoms. The molecule has 48 valence electrons. The minimum absolute atomic E-state index is 0.0278. The van der Waals surface area contributed by atoms with E-state index in [-0.39, 0.29) is 18.3 Å². The molecular formula is C6H12O2. The summed E-state index contributed by atoms with van der Waals surface area (Å²) in [5, 5.41) is 8.33. The van der Waals surface area contributed by atoms with E-state index in [4.69, 9.17) is 5.11 Å². The molecule has 2 nitrogen and oxygen atoms in total. The van der Waals surface area contributed by atoms with Crippen LogP contribution in [0, 0.1) is 5.92 Å². The number of rotatable bonds is 3. The van der Waals surface area contributed by atoms with Crippen molar-refractivity contribution in [1.82, 2.24) is 0 Å². The monoisotopic (exact) mass is 116 g/mol. The van der Waals surface area contributed by atoms with Gasteiger partial charge < -0.3 is 5.11 Å². The molecule has 0 amide bonds. The van der Waals surface area contributed by atoms with Crippen molar-refractivity contribution in [3.8, 4) is 0 Å². The lowest BCUT2D eigenvalue weighted by Gasteiger charge is -2.01. The van der Waals surface area contributed by atoms with Crippen molar-refractivity contribution in [3.05, 3.63) is 0 Å². The Morgan fingerprint density at radius 2 is 2.25 bits per heavy atom. The highest BCUT2D eigenvalue weighted by Gasteiger charge is 2.04. The molecule has 0 aromatic rings. The fourth-order valence-corrected chi connectivity index (χ4v) is 0.397. The second-order valence-corrected chi connectivity index (χ2v) is 2.02. The van der Waals surface area contributed by atoms with Crippen molar-refractivity contribution in [2.24, 2.45) is 5.92 Å². The van der Waals surface area contributed by atoms with Crippen molar-refractivity contribution in [2.45, 2.75) is 20.3 Å². The van der Waals surface area contributed by atoms with Gasteiger partial charge in [0.15, 0.2) is 0 Å². The van der Waals surface area contributed by atoms with Crippen LogP contribution in [0.3, 0.4) is 0 Å². The van der Waals surface area contributed by atoms with Gasteiger partial charge in [-0.1, -0.05) is 6.92 Å². The average Bonchev–Trinajstić information content (AvgIpc) is 1.67. The molecule has 0 spiro atoms. The second-order valence-electron chi connectivity index (χ2n) is 2.02. The first-order chi connectivity index (χ1) is 3.68. The van der Waals surface area contributed by atoms with E-state index >= 15 is 0 Å². The molecule has 0 fully saturated rings. The van der Waals surface area contributed by atoms with Crippen LogP contribution in [0.4, 0.5) is 0 Å². The van der Waals surface area contributed by atoms with Gasteiger partial charge in [-0.05, 0) is 13.3 Å². The molecule has 0 aliphatic rings. The van der Waals surface area contributed by atoms with Gasteiger partial charge in [-0.2, -0.15) is 0 Å². The Kier molecular flexibility index (Phi) is 3.44. The van der Waals surface area contributed by atoms with Gasteiger partial charge in [0.05, 0.1) is 0 Å². The average molecular weight is 116 g/mol. The van der Waals surface area contributed by atoms with E-state index < -0.39 is 0 Å². The van der Waals surface area contributed by atoms with Gasteiger partial charge in [0.25, 0.3) is 0 Å². The van der Waals surface area contributed by atoms with E-state index in [1.807, 2.05) is 6.92 Å². The Hall–Kier alpha value is -0.370. The standard InChI is InChI=1S/C6H12O2/c1-5(3-4-7)6(2)8/h5,7H,3-4H2,1-2H3/t5-/m1/s1. The zero-order valence-corrected chi connectivity index (χ0v) is 5.35. The molecule has 0 saturated carbocycles. The molecule has 1 N–H and O–H groups in total. The van der Waals surface area contributed by atoms with Crippen LogP contribution in [0.2, 0.25) is 0 Å². The maximum absolute atomic E-state index is 10.4. The molecule has 0 aliphatic carbocycles. The molecule has 0 rings (SSSR count). The third kappa shape index (κ3) is 2.75. The van der Waals surface area contributed by atoms with E-state index in [9.17, 15) is 4.79 Å². The minimum atomic E-state index is 0.0278. The Morgan fingerprint density at radius 1 is 1.75 bits per heavy atom. The summed E-state index contributed by atoms with van der Waals surface area (Å²) in [5.41, 5.74) is 0. The van der Waals surface area contributed by atoms with Crippen LogP contribution in [0.5, 0.6) is 0 Å². The number of aliphatic hydroxyl groups is 1. The van der Waals surface area contributed by atoms with Gasteiger partial charge in [0.1, 0.15) is 5.78 Å². The Labute approximate surface area is 49.5 Å². The minimum Gasteiger partial charge on any atom is -0.396 e. The smallest absolute Gasteiger partial charge is 0.132 e. The van der Waals surface area contributed by atoms with Crippen LogP contribution < -0.4 is 0 Å². The number of hydrogen-bond acceptors (Lipinski definition) is 2. The summed E-state index contributed by atoms with van der Waals surface area (Å²) in [4.78, 5) is 10.4. The third-order valence-electron chi connectivity index (χ3n) is 1.26. The number of carbonyl (C=O) groups is 1.